The second kappa shape index (κ2) is 7.80. The van der Waals surface area contributed by atoms with Crippen LogP contribution in [0.25, 0.3) is 0 Å². The molecular weight excluding hydrogens is 344 g/mol. The van der Waals surface area contributed by atoms with Crippen LogP contribution in [-0.2, 0) is 4.79 Å². The molecule has 0 radical (unpaired) electrons. The van der Waals surface area contributed by atoms with Gasteiger partial charge in [0.25, 0.3) is 0 Å². The summed E-state index contributed by atoms with van der Waals surface area (Å²) in [6.45, 7) is 4.70. The number of amides is 3. The third-order valence-electron chi connectivity index (χ3n) is 5.86. The van der Waals surface area contributed by atoms with Gasteiger partial charge in [-0.15, -0.1) is 5.10 Å². The van der Waals surface area contributed by atoms with Crippen molar-refractivity contribution >= 4 is 17.8 Å². The van der Waals surface area contributed by atoms with E-state index in [4.69, 9.17) is 0 Å². The van der Waals surface area contributed by atoms with Gasteiger partial charge in [-0.05, 0) is 44.9 Å². The summed E-state index contributed by atoms with van der Waals surface area (Å²) < 4.78 is 0. The molecule has 146 valence electrons. The summed E-state index contributed by atoms with van der Waals surface area (Å²) in [4.78, 5) is 31.1. The van der Waals surface area contributed by atoms with E-state index < -0.39 is 0 Å². The highest BCUT2D eigenvalue weighted by Gasteiger charge is 2.31. The standard InChI is InChI=1S/C19H28N6O2/c1-23-10-12-24(13-11-23)18(26)15-6-8-25(9-7-15)19(27)20-17-5-4-16(21-22-17)14-2-3-14/h4-5,14-15H,2-3,6-13H2,1H3,(H,20,22,27). The molecule has 0 aromatic carbocycles. The van der Waals surface area contributed by atoms with E-state index in [0.29, 0.717) is 24.8 Å². The molecule has 27 heavy (non-hydrogen) atoms. The molecule has 8 heteroatoms. The smallest absolute Gasteiger partial charge is 0.323 e. The fourth-order valence-electron chi connectivity index (χ4n) is 3.81. The van der Waals surface area contributed by atoms with Crippen molar-refractivity contribution in [3.63, 3.8) is 0 Å². The first kappa shape index (κ1) is 18.2. The van der Waals surface area contributed by atoms with Gasteiger partial charge in [-0.2, -0.15) is 5.10 Å². The predicted octanol–water partition coefficient (Wildman–Crippen LogP) is 1.37. The Hall–Kier alpha value is -2.22. The van der Waals surface area contributed by atoms with Crippen LogP contribution in [0.2, 0.25) is 0 Å². The topological polar surface area (TPSA) is 81.7 Å². The molecule has 3 amide bonds. The molecule has 0 bridgehead atoms. The van der Waals surface area contributed by atoms with Crippen molar-refractivity contribution < 1.29 is 9.59 Å². The van der Waals surface area contributed by atoms with Crippen LogP contribution in [0.4, 0.5) is 10.6 Å². The van der Waals surface area contributed by atoms with Gasteiger partial charge in [-0.25, -0.2) is 4.79 Å². The predicted molar refractivity (Wildman–Crippen MR) is 101 cm³/mol. The summed E-state index contributed by atoms with van der Waals surface area (Å²) >= 11 is 0. The van der Waals surface area contributed by atoms with Crippen molar-refractivity contribution in [3.8, 4) is 0 Å². The Morgan fingerprint density at radius 2 is 1.63 bits per heavy atom. The second-order valence-electron chi connectivity index (χ2n) is 7.94. The molecular formula is C19H28N6O2. The number of aromatic nitrogens is 2. The Kier molecular flexibility index (Phi) is 5.24. The maximum atomic E-state index is 12.7. The summed E-state index contributed by atoms with van der Waals surface area (Å²) in [5.74, 6) is 1.33. The van der Waals surface area contributed by atoms with Crippen LogP contribution in [0.3, 0.4) is 0 Å². The van der Waals surface area contributed by atoms with Gasteiger partial charge in [-0.3, -0.25) is 10.1 Å². The van der Waals surface area contributed by atoms with Crippen molar-refractivity contribution in [1.29, 1.82) is 0 Å². The molecule has 0 spiro atoms. The maximum Gasteiger partial charge on any atom is 0.323 e. The van der Waals surface area contributed by atoms with Crippen LogP contribution in [0, 0.1) is 5.92 Å². The number of nitrogens with zero attached hydrogens (tertiary/aromatic N) is 5. The first-order valence-corrected chi connectivity index (χ1v) is 9.97. The molecule has 1 aliphatic carbocycles. The third-order valence-corrected chi connectivity index (χ3v) is 5.86. The lowest BCUT2D eigenvalue weighted by Gasteiger charge is -2.37. The van der Waals surface area contributed by atoms with E-state index in [2.05, 4.69) is 27.5 Å². The Balaban J connectivity index is 1.24. The minimum atomic E-state index is -0.158. The Morgan fingerprint density at radius 1 is 0.926 bits per heavy atom. The van der Waals surface area contributed by atoms with Crippen LogP contribution in [-0.4, -0.2) is 83.2 Å². The van der Waals surface area contributed by atoms with Gasteiger partial charge in [0.1, 0.15) is 0 Å². The Bertz CT molecular complexity index is 674. The van der Waals surface area contributed by atoms with Gasteiger partial charge in [0.05, 0.1) is 5.69 Å². The van der Waals surface area contributed by atoms with Crippen molar-refractivity contribution in [3.05, 3.63) is 17.8 Å². The van der Waals surface area contributed by atoms with Crippen LogP contribution in [0.15, 0.2) is 12.1 Å². The number of piperazine rings is 1. The first-order chi connectivity index (χ1) is 13.1. The summed E-state index contributed by atoms with van der Waals surface area (Å²) in [7, 11) is 2.09. The van der Waals surface area contributed by atoms with Crippen molar-refractivity contribution in [2.45, 2.75) is 31.6 Å². The van der Waals surface area contributed by atoms with Crippen LogP contribution < -0.4 is 5.32 Å². The van der Waals surface area contributed by atoms with Gasteiger partial charge < -0.3 is 14.7 Å². The van der Waals surface area contributed by atoms with E-state index in [1.807, 2.05) is 17.0 Å². The van der Waals surface area contributed by atoms with E-state index in [0.717, 1.165) is 44.7 Å². The molecule has 1 N–H and O–H groups in total. The molecule has 4 rings (SSSR count). The average Bonchev–Trinajstić information content (AvgIpc) is 3.54. The van der Waals surface area contributed by atoms with Crippen LogP contribution >= 0.6 is 0 Å². The number of hydrogen-bond donors (Lipinski definition) is 1. The molecule has 3 fully saturated rings. The van der Waals surface area contributed by atoms with Crippen LogP contribution in [0.5, 0.6) is 0 Å². The summed E-state index contributed by atoms with van der Waals surface area (Å²) in [6.07, 6.45) is 3.82. The van der Waals surface area contributed by atoms with Gasteiger partial charge >= 0.3 is 6.03 Å². The van der Waals surface area contributed by atoms with Crippen molar-refractivity contribution in [2.75, 3.05) is 51.6 Å². The van der Waals surface area contributed by atoms with Gasteiger partial charge in [-0.1, -0.05) is 0 Å². The molecule has 2 saturated heterocycles. The molecule has 3 heterocycles. The normalized spacial score (nSPS) is 22.0. The van der Waals surface area contributed by atoms with Gasteiger partial charge in [0.2, 0.25) is 5.91 Å². The van der Waals surface area contributed by atoms with E-state index >= 15 is 0 Å². The molecule has 0 atom stereocenters. The first-order valence-electron chi connectivity index (χ1n) is 9.97. The third kappa shape index (κ3) is 4.37. The van der Waals surface area contributed by atoms with Gasteiger partial charge in [0.15, 0.2) is 5.82 Å². The van der Waals surface area contributed by atoms with E-state index in [1.54, 1.807) is 4.90 Å². The molecule has 2 aliphatic heterocycles. The molecule has 8 nitrogen and oxygen atoms in total. The Labute approximate surface area is 159 Å². The van der Waals surface area contributed by atoms with Gasteiger partial charge in [0, 0.05) is 51.1 Å². The number of piperidine rings is 1. The zero-order valence-electron chi connectivity index (χ0n) is 15.9. The Morgan fingerprint density at radius 3 is 2.22 bits per heavy atom. The number of carbonyl (C=O) groups excluding carboxylic acids is 2. The number of likely N-dealkylation sites (N-methyl/N-ethyl adjacent to an activating group) is 1. The van der Waals surface area contributed by atoms with Crippen LogP contribution in [0.1, 0.15) is 37.3 Å². The maximum absolute atomic E-state index is 12.7. The molecule has 1 aromatic heterocycles. The SMILES string of the molecule is CN1CCN(C(=O)C2CCN(C(=O)Nc3ccc(C4CC4)nn3)CC2)CC1. The summed E-state index contributed by atoms with van der Waals surface area (Å²) in [5.41, 5.74) is 1.01. The monoisotopic (exact) mass is 372 g/mol. The van der Waals surface area contributed by atoms with Crippen molar-refractivity contribution in [2.24, 2.45) is 5.92 Å². The lowest BCUT2D eigenvalue weighted by atomic mass is 9.95. The van der Waals surface area contributed by atoms with E-state index in [1.165, 1.54) is 12.8 Å². The lowest BCUT2D eigenvalue weighted by molar-refractivity contribution is -0.138. The number of hydrogen-bond acceptors (Lipinski definition) is 5. The minimum absolute atomic E-state index is 0.0371. The molecule has 3 aliphatic rings. The zero-order valence-corrected chi connectivity index (χ0v) is 15.9. The summed E-state index contributed by atoms with van der Waals surface area (Å²) in [6, 6.07) is 3.61. The number of urea groups is 1. The quantitative estimate of drug-likeness (QED) is 0.867. The molecule has 1 aromatic rings. The lowest BCUT2D eigenvalue weighted by Crippen LogP contribution is -2.51. The number of rotatable bonds is 3. The van der Waals surface area contributed by atoms with E-state index in [-0.39, 0.29) is 17.9 Å². The number of carbonyl (C=O) groups is 2. The second-order valence-corrected chi connectivity index (χ2v) is 7.94. The largest absolute Gasteiger partial charge is 0.340 e. The minimum Gasteiger partial charge on any atom is -0.340 e. The molecule has 0 unspecified atom stereocenters. The van der Waals surface area contributed by atoms with Crippen molar-refractivity contribution in [1.82, 2.24) is 24.9 Å². The number of nitrogens with one attached hydrogen (secondary N) is 1. The number of likely N-dealkylation sites (tertiary alicyclic amines) is 1. The zero-order chi connectivity index (χ0) is 18.8. The fraction of sp³-hybridized carbons (Fsp3) is 0.684. The molecule has 1 saturated carbocycles. The highest BCUT2D eigenvalue weighted by Crippen LogP contribution is 2.38. The number of anilines is 1. The average molecular weight is 372 g/mol. The highest BCUT2D eigenvalue weighted by molar-refractivity contribution is 5.88. The summed E-state index contributed by atoms with van der Waals surface area (Å²) in [5, 5.41) is 11.1. The fourth-order valence-corrected chi connectivity index (χ4v) is 3.81. The van der Waals surface area contributed by atoms with E-state index in [9.17, 15) is 9.59 Å². The highest BCUT2D eigenvalue weighted by atomic mass is 16.2.